The van der Waals surface area contributed by atoms with Gasteiger partial charge in [-0.3, -0.25) is 14.9 Å². The molecule has 8 heteroatoms. The number of non-ortho nitro benzene ring substituents is 1. The van der Waals surface area contributed by atoms with Gasteiger partial charge in [-0.15, -0.1) is 17.9 Å². The molecule has 0 N–H and O–H groups in total. The third-order valence-electron chi connectivity index (χ3n) is 3.36. The summed E-state index contributed by atoms with van der Waals surface area (Å²) in [5, 5.41) is 13.0. The van der Waals surface area contributed by atoms with Crippen LogP contribution < -0.4 is 0 Å². The predicted octanol–water partition coefficient (Wildman–Crippen LogP) is 3.27. The Balaban J connectivity index is 2.40. The van der Waals surface area contributed by atoms with E-state index in [9.17, 15) is 19.7 Å². The highest BCUT2D eigenvalue weighted by atomic mass is 32.1. The first-order valence-corrected chi connectivity index (χ1v) is 8.14. The maximum Gasteiger partial charge on any atom is 0.338 e. The summed E-state index contributed by atoms with van der Waals surface area (Å²) in [6, 6.07) is 7.30. The average Bonchev–Trinajstić information content (AvgIpc) is 3.12. The summed E-state index contributed by atoms with van der Waals surface area (Å²) < 4.78 is 4.60. The Labute approximate surface area is 148 Å². The number of esters is 1. The number of nitrogens with zero attached hydrogens (tertiary/aromatic N) is 2. The summed E-state index contributed by atoms with van der Waals surface area (Å²) >= 11 is 1.50. The predicted molar refractivity (Wildman–Crippen MR) is 93.7 cm³/mol. The molecule has 1 amide bonds. The molecule has 7 nitrogen and oxygen atoms in total. The first-order valence-electron chi connectivity index (χ1n) is 7.26. The van der Waals surface area contributed by atoms with Crippen LogP contribution in [-0.4, -0.2) is 35.4 Å². The van der Waals surface area contributed by atoms with E-state index in [2.05, 4.69) is 11.3 Å². The minimum Gasteiger partial charge on any atom is -0.465 e. The van der Waals surface area contributed by atoms with E-state index >= 15 is 0 Å². The molecule has 0 saturated heterocycles. The summed E-state index contributed by atoms with van der Waals surface area (Å²) in [6.45, 7) is 4.25. The minimum atomic E-state index is -0.744. The third kappa shape index (κ3) is 4.51. The topological polar surface area (TPSA) is 89.8 Å². The highest BCUT2D eigenvalue weighted by molar-refractivity contribution is 7.09. The molecule has 2 rings (SSSR count). The average molecular weight is 360 g/mol. The van der Waals surface area contributed by atoms with Gasteiger partial charge in [0, 0.05) is 29.1 Å². The van der Waals surface area contributed by atoms with E-state index in [4.69, 9.17) is 0 Å². The molecule has 0 bridgehead atoms. The van der Waals surface area contributed by atoms with Crippen LogP contribution in [0, 0.1) is 10.1 Å². The van der Waals surface area contributed by atoms with E-state index in [-0.39, 0.29) is 23.4 Å². The van der Waals surface area contributed by atoms with Gasteiger partial charge in [-0.1, -0.05) is 12.1 Å². The Bertz CT molecular complexity index is 801. The lowest BCUT2D eigenvalue weighted by Crippen LogP contribution is -2.30. The van der Waals surface area contributed by atoms with Crippen molar-refractivity contribution in [3.05, 3.63) is 74.5 Å². The van der Waals surface area contributed by atoms with Gasteiger partial charge in [-0.25, -0.2) is 4.79 Å². The molecule has 25 heavy (non-hydrogen) atoms. The van der Waals surface area contributed by atoms with E-state index in [0.717, 1.165) is 17.0 Å². The number of hydrogen-bond donors (Lipinski definition) is 0. The molecule has 0 aliphatic carbocycles. The zero-order valence-corrected chi connectivity index (χ0v) is 14.3. The zero-order valence-electron chi connectivity index (χ0n) is 13.5. The number of methoxy groups -OCH3 is 1. The fourth-order valence-electron chi connectivity index (χ4n) is 2.22. The maximum absolute atomic E-state index is 12.8. The minimum absolute atomic E-state index is 0.0465. The molecule has 0 fully saturated rings. The molecular weight excluding hydrogens is 344 g/mol. The number of carbonyl (C=O) groups is 2. The maximum atomic E-state index is 12.8. The SMILES string of the molecule is C=CCN(Cc1cccs1)C(=O)c1cc(C(=O)OC)cc([N+](=O)[O-])c1. The molecule has 0 unspecified atom stereocenters. The van der Waals surface area contributed by atoms with E-state index < -0.39 is 16.8 Å². The number of nitro benzene ring substituents is 1. The number of rotatable bonds is 7. The number of amides is 1. The summed E-state index contributed by atoms with van der Waals surface area (Å²) in [6.07, 6.45) is 1.57. The van der Waals surface area contributed by atoms with Gasteiger partial charge in [-0.2, -0.15) is 0 Å². The van der Waals surface area contributed by atoms with E-state index in [1.807, 2.05) is 17.5 Å². The molecule has 1 aromatic heterocycles. The van der Waals surface area contributed by atoms with Crippen LogP contribution in [0.4, 0.5) is 5.69 Å². The Hall–Kier alpha value is -3.00. The first kappa shape index (κ1) is 18.3. The van der Waals surface area contributed by atoms with Crippen molar-refractivity contribution in [2.45, 2.75) is 6.54 Å². The molecule has 0 saturated carbocycles. The van der Waals surface area contributed by atoms with Gasteiger partial charge in [0.1, 0.15) is 0 Å². The summed E-state index contributed by atoms with van der Waals surface area (Å²) in [4.78, 5) is 37.5. The van der Waals surface area contributed by atoms with Gasteiger partial charge in [-0.05, 0) is 17.5 Å². The fourth-order valence-corrected chi connectivity index (χ4v) is 2.94. The van der Waals surface area contributed by atoms with Crippen molar-refractivity contribution in [3.8, 4) is 0 Å². The van der Waals surface area contributed by atoms with Gasteiger partial charge in [0.25, 0.3) is 11.6 Å². The Morgan fingerprint density at radius 1 is 1.36 bits per heavy atom. The highest BCUT2D eigenvalue weighted by Crippen LogP contribution is 2.21. The molecule has 1 heterocycles. The molecule has 0 atom stereocenters. The van der Waals surface area contributed by atoms with Crippen molar-refractivity contribution >= 4 is 28.9 Å². The van der Waals surface area contributed by atoms with Gasteiger partial charge >= 0.3 is 5.97 Å². The van der Waals surface area contributed by atoms with Crippen molar-refractivity contribution in [2.75, 3.05) is 13.7 Å². The smallest absolute Gasteiger partial charge is 0.338 e. The molecule has 0 aliphatic heterocycles. The standard InChI is InChI=1S/C17H16N2O5S/c1-3-6-18(11-15-5-4-7-25-15)16(20)12-8-13(17(21)24-2)10-14(9-12)19(22)23/h3-5,7-10H,1,6,11H2,2H3. The van der Waals surface area contributed by atoms with E-state index in [1.54, 1.807) is 6.08 Å². The van der Waals surface area contributed by atoms with Crippen LogP contribution in [0.3, 0.4) is 0 Å². The van der Waals surface area contributed by atoms with Gasteiger partial charge in [0.2, 0.25) is 0 Å². The van der Waals surface area contributed by atoms with Gasteiger partial charge < -0.3 is 9.64 Å². The number of nitro groups is 1. The summed E-state index contributed by atoms with van der Waals surface area (Å²) in [7, 11) is 1.17. The lowest BCUT2D eigenvalue weighted by atomic mass is 10.1. The van der Waals surface area contributed by atoms with Crippen molar-refractivity contribution < 1.29 is 19.2 Å². The monoisotopic (exact) mass is 360 g/mol. The zero-order chi connectivity index (χ0) is 18.4. The quantitative estimate of drug-likeness (QED) is 0.327. The molecule has 130 valence electrons. The molecule has 0 radical (unpaired) electrons. The largest absolute Gasteiger partial charge is 0.465 e. The lowest BCUT2D eigenvalue weighted by Gasteiger charge is -2.20. The van der Waals surface area contributed by atoms with Crippen LogP contribution in [0.25, 0.3) is 0 Å². The normalized spacial score (nSPS) is 10.1. The Morgan fingerprint density at radius 3 is 2.64 bits per heavy atom. The number of benzene rings is 1. The lowest BCUT2D eigenvalue weighted by molar-refractivity contribution is -0.384. The van der Waals surface area contributed by atoms with Crippen LogP contribution in [0.5, 0.6) is 0 Å². The Kier molecular flexibility index (Phi) is 6.02. The Morgan fingerprint density at radius 2 is 2.08 bits per heavy atom. The number of hydrogen-bond acceptors (Lipinski definition) is 6. The number of ether oxygens (including phenoxy) is 1. The fraction of sp³-hybridized carbons (Fsp3) is 0.176. The van der Waals surface area contributed by atoms with Gasteiger partial charge in [0.15, 0.2) is 0 Å². The third-order valence-corrected chi connectivity index (χ3v) is 4.22. The first-order chi connectivity index (χ1) is 12.0. The van der Waals surface area contributed by atoms with E-state index in [1.165, 1.54) is 29.4 Å². The molecular formula is C17H16N2O5S. The second-order valence-corrected chi connectivity index (χ2v) is 6.10. The van der Waals surface area contributed by atoms with Crippen LogP contribution >= 0.6 is 11.3 Å². The highest BCUT2D eigenvalue weighted by Gasteiger charge is 2.22. The molecule has 0 aliphatic rings. The van der Waals surface area contributed by atoms with Crippen molar-refractivity contribution in [1.82, 2.24) is 4.90 Å². The van der Waals surface area contributed by atoms with Crippen molar-refractivity contribution in [2.24, 2.45) is 0 Å². The number of thiophene rings is 1. The van der Waals surface area contributed by atoms with Gasteiger partial charge in [0.05, 0.1) is 24.1 Å². The van der Waals surface area contributed by atoms with Crippen molar-refractivity contribution in [3.63, 3.8) is 0 Å². The second-order valence-electron chi connectivity index (χ2n) is 5.07. The summed E-state index contributed by atoms with van der Waals surface area (Å²) in [5.74, 6) is -1.17. The molecule has 2 aromatic rings. The van der Waals surface area contributed by atoms with Crippen LogP contribution in [0.2, 0.25) is 0 Å². The molecule has 0 spiro atoms. The number of carbonyl (C=O) groups excluding carboxylic acids is 2. The van der Waals surface area contributed by atoms with E-state index in [0.29, 0.717) is 6.54 Å². The molecule has 1 aromatic carbocycles. The van der Waals surface area contributed by atoms with Crippen molar-refractivity contribution in [1.29, 1.82) is 0 Å². The van der Waals surface area contributed by atoms with Crippen LogP contribution in [0.1, 0.15) is 25.6 Å². The summed E-state index contributed by atoms with van der Waals surface area (Å²) in [5.41, 5.74) is -0.344. The van der Waals surface area contributed by atoms with Crippen LogP contribution in [0.15, 0.2) is 48.4 Å². The van der Waals surface area contributed by atoms with Crippen LogP contribution in [-0.2, 0) is 11.3 Å². The second kappa shape index (κ2) is 8.20.